The summed E-state index contributed by atoms with van der Waals surface area (Å²) in [4.78, 5) is 28.9. The molecule has 1 aliphatic heterocycles. The van der Waals surface area contributed by atoms with Gasteiger partial charge in [0.05, 0.1) is 12.1 Å². The topological polar surface area (TPSA) is 65.1 Å². The van der Waals surface area contributed by atoms with Gasteiger partial charge in [-0.15, -0.1) is 0 Å². The molecule has 0 spiro atoms. The molecular formula is C19H21N5O. The number of carbonyl (C=O) groups is 1. The number of aryl methyl sites for hydroxylation is 1. The summed E-state index contributed by atoms with van der Waals surface area (Å²) in [5.74, 6) is 1.07. The van der Waals surface area contributed by atoms with Gasteiger partial charge in [-0.2, -0.15) is 0 Å². The van der Waals surface area contributed by atoms with E-state index >= 15 is 0 Å². The standard InChI is InChI=1S/C19H21N5O/c1-14-4-5-20-17-3-2-15(12-16(14)17)19(25)24-10-8-23(9-11-24)13-18-21-6-7-22-18/h2-7,12H,8-11,13H2,1H3,(H,21,22). The van der Waals surface area contributed by atoms with E-state index in [4.69, 9.17) is 0 Å². The summed E-state index contributed by atoms with van der Waals surface area (Å²) in [5, 5.41) is 1.05. The molecule has 1 aliphatic rings. The number of fused-ring (bicyclic) bond motifs is 1. The van der Waals surface area contributed by atoms with Crippen LogP contribution in [0.25, 0.3) is 10.9 Å². The zero-order valence-corrected chi connectivity index (χ0v) is 14.3. The highest BCUT2D eigenvalue weighted by Crippen LogP contribution is 2.19. The lowest BCUT2D eigenvalue weighted by atomic mass is 10.1. The minimum Gasteiger partial charge on any atom is -0.348 e. The summed E-state index contributed by atoms with van der Waals surface area (Å²) < 4.78 is 0. The van der Waals surface area contributed by atoms with E-state index in [0.717, 1.165) is 60.6 Å². The van der Waals surface area contributed by atoms with Gasteiger partial charge in [0.2, 0.25) is 0 Å². The van der Waals surface area contributed by atoms with Crippen LogP contribution in [0.5, 0.6) is 0 Å². The second kappa shape index (κ2) is 6.64. The molecule has 2 aromatic heterocycles. The molecule has 0 radical (unpaired) electrons. The molecule has 1 amide bonds. The highest BCUT2D eigenvalue weighted by Gasteiger charge is 2.22. The molecule has 0 unspecified atom stereocenters. The summed E-state index contributed by atoms with van der Waals surface area (Å²) in [6.45, 7) is 6.05. The lowest BCUT2D eigenvalue weighted by Gasteiger charge is -2.34. The Hall–Kier alpha value is -2.73. The lowest BCUT2D eigenvalue weighted by Crippen LogP contribution is -2.48. The van der Waals surface area contributed by atoms with E-state index in [1.807, 2.05) is 42.3 Å². The van der Waals surface area contributed by atoms with Gasteiger partial charge >= 0.3 is 0 Å². The molecule has 6 nitrogen and oxygen atoms in total. The van der Waals surface area contributed by atoms with Crippen molar-refractivity contribution in [1.29, 1.82) is 0 Å². The first kappa shape index (κ1) is 15.8. The number of piperazine rings is 1. The highest BCUT2D eigenvalue weighted by molar-refractivity contribution is 5.98. The molecule has 4 rings (SSSR count). The van der Waals surface area contributed by atoms with Crippen molar-refractivity contribution in [3.63, 3.8) is 0 Å². The van der Waals surface area contributed by atoms with Crippen LogP contribution in [0.2, 0.25) is 0 Å². The van der Waals surface area contributed by atoms with Gasteiger partial charge in [0, 0.05) is 55.7 Å². The Morgan fingerprint density at radius 3 is 2.72 bits per heavy atom. The molecule has 0 aliphatic carbocycles. The average molecular weight is 335 g/mol. The molecule has 1 fully saturated rings. The molecular weight excluding hydrogens is 314 g/mol. The summed E-state index contributed by atoms with van der Waals surface area (Å²) in [6, 6.07) is 7.76. The number of amides is 1. The Kier molecular flexibility index (Phi) is 4.19. The van der Waals surface area contributed by atoms with Crippen molar-refractivity contribution in [3.05, 3.63) is 59.8 Å². The van der Waals surface area contributed by atoms with E-state index in [1.54, 1.807) is 12.4 Å². The Bertz CT molecular complexity index is 882. The molecule has 3 aromatic rings. The number of nitrogens with one attached hydrogen (secondary N) is 1. The predicted octanol–water partition coefficient (Wildman–Crippen LogP) is 2.22. The fourth-order valence-electron chi connectivity index (χ4n) is 3.30. The first-order chi connectivity index (χ1) is 12.2. The number of aromatic amines is 1. The Morgan fingerprint density at radius 2 is 1.96 bits per heavy atom. The van der Waals surface area contributed by atoms with E-state index in [9.17, 15) is 4.79 Å². The minimum atomic E-state index is 0.0998. The maximum Gasteiger partial charge on any atom is 0.253 e. The van der Waals surface area contributed by atoms with Crippen molar-refractivity contribution in [1.82, 2.24) is 24.8 Å². The third-order valence-electron chi connectivity index (χ3n) is 4.79. The van der Waals surface area contributed by atoms with Crippen LogP contribution in [-0.2, 0) is 6.54 Å². The van der Waals surface area contributed by atoms with Crippen LogP contribution < -0.4 is 0 Å². The molecule has 0 saturated carbocycles. The Morgan fingerprint density at radius 1 is 1.12 bits per heavy atom. The highest BCUT2D eigenvalue weighted by atomic mass is 16.2. The summed E-state index contributed by atoms with van der Waals surface area (Å²) in [6.07, 6.45) is 5.41. The van der Waals surface area contributed by atoms with Crippen LogP contribution in [0.15, 0.2) is 42.9 Å². The van der Waals surface area contributed by atoms with E-state index in [-0.39, 0.29) is 5.91 Å². The predicted molar refractivity (Wildman–Crippen MR) is 96.2 cm³/mol. The maximum absolute atomic E-state index is 12.8. The van der Waals surface area contributed by atoms with Gasteiger partial charge in [0.25, 0.3) is 5.91 Å². The third-order valence-corrected chi connectivity index (χ3v) is 4.79. The molecule has 0 atom stereocenters. The number of hydrogen-bond donors (Lipinski definition) is 1. The van der Waals surface area contributed by atoms with E-state index in [0.29, 0.717) is 0 Å². The van der Waals surface area contributed by atoms with E-state index in [2.05, 4.69) is 19.9 Å². The summed E-state index contributed by atoms with van der Waals surface area (Å²) in [5.41, 5.74) is 2.81. The first-order valence-corrected chi connectivity index (χ1v) is 8.56. The van der Waals surface area contributed by atoms with E-state index in [1.165, 1.54) is 0 Å². The molecule has 1 saturated heterocycles. The van der Waals surface area contributed by atoms with Gasteiger partial charge in [-0.05, 0) is 36.8 Å². The number of imidazole rings is 1. The van der Waals surface area contributed by atoms with Gasteiger partial charge in [-0.3, -0.25) is 14.7 Å². The second-order valence-electron chi connectivity index (χ2n) is 6.46. The van der Waals surface area contributed by atoms with Crippen LogP contribution in [0.4, 0.5) is 0 Å². The van der Waals surface area contributed by atoms with Crippen molar-refractivity contribution >= 4 is 16.8 Å². The number of rotatable bonds is 3. The maximum atomic E-state index is 12.8. The number of pyridine rings is 1. The zero-order chi connectivity index (χ0) is 17.2. The number of carbonyl (C=O) groups excluding carboxylic acids is 1. The second-order valence-corrected chi connectivity index (χ2v) is 6.46. The van der Waals surface area contributed by atoms with Gasteiger partial charge in [0.1, 0.15) is 5.82 Å². The van der Waals surface area contributed by atoms with Crippen LogP contribution in [-0.4, -0.2) is 56.8 Å². The number of benzene rings is 1. The Labute approximate surface area is 146 Å². The van der Waals surface area contributed by atoms with Crippen molar-refractivity contribution in [3.8, 4) is 0 Å². The fourth-order valence-corrected chi connectivity index (χ4v) is 3.30. The van der Waals surface area contributed by atoms with Crippen LogP contribution in [0.3, 0.4) is 0 Å². The van der Waals surface area contributed by atoms with Gasteiger partial charge in [-0.25, -0.2) is 4.98 Å². The third kappa shape index (κ3) is 3.25. The molecule has 3 heterocycles. The first-order valence-electron chi connectivity index (χ1n) is 8.56. The SMILES string of the molecule is Cc1ccnc2ccc(C(=O)N3CCN(Cc4ncc[nH]4)CC3)cc12. The van der Waals surface area contributed by atoms with Crippen molar-refractivity contribution in [2.24, 2.45) is 0 Å². The van der Waals surface area contributed by atoms with Crippen molar-refractivity contribution < 1.29 is 4.79 Å². The fraction of sp³-hybridized carbons (Fsp3) is 0.316. The number of nitrogens with zero attached hydrogens (tertiary/aromatic N) is 4. The van der Waals surface area contributed by atoms with Crippen LogP contribution >= 0.6 is 0 Å². The van der Waals surface area contributed by atoms with Gasteiger partial charge in [0.15, 0.2) is 0 Å². The van der Waals surface area contributed by atoms with Crippen LogP contribution in [0.1, 0.15) is 21.7 Å². The van der Waals surface area contributed by atoms with Crippen molar-refractivity contribution in [2.75, 3.05) is 26.2 Å². The number of aromatic nitrogens is 3. The number of H-pyrrole nitrogens is 1. The Balaban J connectivity index is 1.44. The smallest absolute Gasteiger partial charge is 0.253 e. The molecule has 6 heteroatoms. The largest absolute Gasteiger partial charge is 0.348 e. The molecule has 128 valence electrons. The minimum absolute atomic E-state index is 0.0998. The monoisotopic (exact) mass is 335 g/mol. The van der Waals surface area contributed by atoms with E-state index < -0.39 is 0 Å². The molecule has 25 heavy (non-hydrogen) atoms. The molecule has 1 aromatic carbocycles. The summed E-state index contributed by atoms with van der Waals surface area (Å²) in [7, 11) is 0. The zero-order valence-electron chi connectivity index (χ0n) is 14.3. The molecule has 1 N–H and O–H groups in total. The van der Waals surface area contributed by atoms with Crippen LogP contribution in [0, 0.1) is 6.92 Å². The average Bonchev–Trinajstić information content (AvgIpc) is 3.15. The summed E-state index contributed by atoms with van der Waals surface area (Å²) >= 11 is 0. The quantitative estimate of drug-likeness (QED) is 0.797. The van der Waals surface area contributed by atoms with Gasteiger partial charge in [-0.1, -0.05) is 0 Å². The van der Waals surface area contributed by atoms with Crippen molar-refractivity contribution in [2.45, 2.75) is 13.5 Å². The normalized spacial score (nSPS) is 15.6. The lowest BCUT2D eigenvalue weighted by molar-refractivity contribution is 0.0626. The van der Waals surface area contributed by atoms with Gasteiger partial charge < -0.3 is 9.88 Å². The number of hydrogen-bond acceptors (Lipinski definition) is 4. The molecule has 0 bridgehead atoms.